The van der Waals surface area contributed by atoms with Crippen LogP contribution >= 0.6 is 0 Å². The van der Waals surface area contributed by atoms with Gasteiger partial charge in [-0.3, -0.25) is 0 Å². The smallest absolute Gasteiger partial charge is 0.110 e. The Hall–Kier alpha value is -0.0800. The van der Waals surface area contributed by atoms with Crippen LogP contribution in [0.5, 0.6) is 0 Å². The average molecular weight is 130 g/mol. The van der Waals surface area contributed by atoms with Crippen LogP contribution in [0.4, 0.5) is 0 Å². The monoisotopic (exact) mass is 130 g/mol. The van der Waals surface area contributed by atoms with Gasteiger partial charge in [0, 0.05) is 0 Å². The minimum Gasteiger partial charge on any atom is -0.391 e. The van der Waals surface area contributed by atoms with Crippen molar-refractivity contribution in [1.29, 1.82) is 0 Å². The summed E-state index contributed by atoms with van der Waals surface area (Å²) in [6.07, 6.45) is 2.46. The lowest BCUT2D eigenvalue weighted by molar-refractivity contribution is 0.152. The molecule has 0 aliphatic carbocycles. The Morgan fingerprint density at radius 3 is 2.67 bits per heavy atom. The highest BCUT2D eigenvalue weighted by atomic mass is 16.6. The molecule has 1 heterocycles. The van der Waals surface area contributed by atoms with Crippen LogP contribution in [0.15, 0.2) is 0 Å². The molecule has 2 heteroatoms. The summed E-state index contributed by atoms with van der Waals surface area (Å²) in [5.74, 6) is 0. The summed E-state index contributed by atoms with van der Waals surface area (Å²) in [6.45, 7) is 3.90. The van der Waals surface area contributed by atoms with Crippen molar-refractivity contribution < 1.29 is 9.84 Å². The molecule has 0 saturated carbocycles. The Balaban J connectivity index is 2.09. The lowest BCUT2D eigenvalue weighted by Gasteiger charge is -1.94. The Morgan fingerprint density at radius 1 is 1.67 bits per heavy atom. The van der Waals surface area contributed by atoms with Gasteiger partial charge < -0.3 is 9.84 Å². The van der Waals surface area contributed by atoms with Crippen LogP contribution in [-0.2, 0) is 4.74 Å². The first-order valence-corrected chi connectivity index (χ1v) is 3.59. The van der Waals surface area contributed by atoms with Gasteiger partial charge in [0.05, 0.1) is 12.2 Å². The van der Waals surface area contributed by atoms with E-state index in [0.29, 0.717) is 6.10 Å². The predicted molar refractivity (Wildman–Crippen MR) is 35.2 cm³/mol. The molecule has 1 saturated heterocycles. The zero-order valence-corrected chi connectivity index (χ0v) is 6.00. The van der Waals surface area contributed by atoms with Crippen molar-refractivity contribution >= 4 is 0 Å². The summed E-state index contributed by atoms with van der Waals surface area (Å²) in [7, 11) is 0. The first-order valence-electron chi connectivity index (χ1n) is 3.59. The van der Waals surface area contributed by atoms with Crippen molar-refractivity contribution in [2.75, 3.05) is 0 Å². The summed E-state index contributed by atoms with van der Waals surface area (Å²) in [5.41, 5.74) is 0. The fourth-order valence-corrected chi connectivity index (χ4v) is 1.10. The molecular weight excluding hydrogens is 116 g/mol. The first kappa shape index (κ1) is 7.03. The summed E-state index contributed by atoms with van der Waals surface area (Å²) < 4.78 is 5.17. The highest BCUT2D eigenvalue weighted by molar-refractivity contribution is 4.87. The molecule has 0 aromatic heterocycles. The van der Waals surface area contributed by atoms with E-state index < -0.39 is 0 Å². The van der Waals surface area contributed by atoms with Crippen LogP contribution in [0, 0.1) is 0 Å². The molecule has 0 aromatic rings. The zero-order chi connectivity index (χ0) is 6.85. The van der Waals surface area contributed by atoms with Gasteiger partial charge in [-0.25, -0.2) is 0 Å². The molecule has 0 amide bonds. The average Bonchev–Trinajstić information content (AvgIpc) is 2.47. The summed E-state index contributed by atoms with van der Waals surface area (Å²) in [4.78, 5) is 0. The molecule has 1 N–H and O–H groups in total. The number of aliphatic hydroxyl groups is 1. The second-order valence-corrected chi connectivity index (χ2v) is 2.67. The second kappa shape index (κ2) is 2.67. The van der Waals surface area contributed by atoms with Gasteiger partial charge in [0.2, 0.25) is 0 Å². The van der Waals surface area contributed by atoms with E-state index in [1.807, 2.05) is 0 Å². The van der Waals surface area contributed by atoms with Gasteiger partial charge in [-0.15, -0.1) is 0 Å². The Labute approximate surface area is 55.8 Å². The number of aliphatic hydroxyl groups excluding tert-OH is 1. The molecular formula is C7H14O2. The lowest BCUT2D eigenvalue weighted by atomic mass is 10.1. The van der Waals surface area contributed by atoms with E-state index in [0.717, 1.165) is 12.8 Å². The molecule has 0 unspecified atom stereocenters. The van der Waals surface area contributed by atoms with Gasteiger partial charge in [-0.2, -0.15) is 0 Å². The third kappa shape index (κ3) is 1.66. The Bertz CT molecular complexity index is 90.9. The molecule has 0 aromatic carbocycles. The number of hydrogen-bond acceptors (Lipinski definition) is 2. The van der Waals surface area contributed by atoms with Crippen LogP contribution in [0.3, 0.4) is 0 Å². The van der Waals surface area contributed by atoms with Gasteiger partial charge in [0.1, 0.15) is 6.10 Å². The molecule has 1 fully saturated rings. The van der Waals surface area contributed by atoms with Gasteiger partial charge in [0.15, 0.2) is 0 Å². The predicted octanol–water partition coefficient (Wildman–Crippen LogP) is 0.935. The summed E-state index contributed by atoms with van der Waals surface area (Å²) >= 11 is 0. The van der Waals surface area contributed by atoms with Crippen molar-refractivity contribution in [3.8, 4) is 0 Å². The molecule has 0 spiro atoms. The zero-order valence-electron chi connectivity index (χ0n) is 6.00. The van der Waals surface area contributed by atoms with E-state index in [1.165, 1.54) is 0 Å². The van der Waals surface area contributed by atoms with Gasteiger partial charge >= 0.3 is 0 Å². The highest BCUT2D eigenvalue weighted by Gasteiger charge is 2.41. The van der Waals surface area contributed by atoms with Gasteiger partial charge in [-0.05, 0) is 13.3 Å². The number of epoxide rings is 1. The van der Waals surface area contributed by atoms with E-state index in [1.54, 1.807) is 6.92 Å². The normalized spacial score (nSPS) is 36.3. The fraction of sp³-hybridized carbons (Fsp3) is 1.00. The van der Waals surface area contributed by atoms with Crippen molar-refractivity contribution in [1.82, 2.24) is 0 Å². The van der Waals surface area contributed by atoms with E-state index in [9.17, 15) is 0 Å². The van der Waals surface area contributed by atoms with E-state index >= 15 is 0 Å². The molecule has 1 rings (SSSR count). The third-order valence-electron chi connectivity index (χ3n) is 1.67. The molecule has 1 aliphatic heterocycles. The number of hydrogen-bond donors (Lipinski definition) is 1. The first-order chi connectivity index (χ1) is 4.25. The summed E-state index contributed by atoms with van der Waals surface area (Å²) in [6, 6.07) is 0. The Morgan fingerprint density at radius 2 is 2.33 bits per heavy atom. The molecule has 3 atom stereocenters. The van der Waals surface area contributed by atoms with Gasteiger partial charge in [0.25, 0.3) is 0 Å². The van der Waals surface area contributed by atoms with E-state index in [-0.39, 0.29) is 12.2 Å². The minimum atomic E-state index is -0.276. The fourth-order valence-electron chi connectivity index (χ4n) is 1.10. The lowest BCUT2D eigenvalue weighted by Crippen LogP contribution is -2.11. The molecule has 2 nitrogen and oxygen atoms in total. The van der Waals surface area contributed by atoms with Crippen molar-refractivity contribution in [3.63, 3.8) is 0 Å². The van der Waals surface area contributed by atoms with Crippen LogP contribution in [0.2, 0.25) is 0 Å². The molecule has 0 bridgehead atoms. The maximum Gasteiger partial charge on any atom is 0.110 e. The van der Waals surface area contributed by atoms with Crippen LogP contribution in [0.25, 0.3) is 0 Å². The van der Waals surface area contributed by atoms with Crippen molar-refractivity contribution in [2.24, 2.45) is 0 Å². The Kier molecular flexibility index (Phi) is 2.09. The largest absolute Gasteiger partial charge is 0.391 e. The maximum absolute atomic E-state index is 8.96. The van der Waals surface area contributed by atoms with Gasteiger partial charge in [-0.1, -0.05) is 13.3 Å². The van der Waals surface area contributed by atoms with Crippen LogP contribution in [0.1, 0.15) is 26.7 Å². The third-order valence-corrected chi connectivity index (χ3v) is 1.67. The number of rotatable bonds is 3. The number of ether oxygens (including phenoxy) is 1. The molecule has 54 valence electrons. The highest BCUT2D eigenvalue weighted by Crippen LogP contribution is 2.28. The maximum atomic E-state index is 8.96. The quantitative estimate of drug-likeness (QED) is 0.576. The van der Waals surface area contributed by atoms with Crippen molar-refractivity contribution in [2.45, 2.75) is 45.0 Å². The SMILES string of the molecule is CCC[C@H]1O[C@@H]1[C@@H](C)O. The standard InChI is InChI=1S/C7H14O2/c1-3-4-6-7(9-6)5(2)8/h5-8H,3-4H2,1-2H3/t5-,6-,7-/m1/s1. The summed E-state index contributed by atoms with van der Waals surface area (Å²) in [5, 5.41) is 8.96. The molecule has 9 heavy (non-hydrogen) atoms. The van der Waals surface area contributed by atoms with Crippen LogP contribution < -0.4 is 0 Å². The molecule has 0 radical (unpaired) electrons. The molecule has 1 aliphatic rings. The van der Waals surface area contributed by atoms with E-state index in [4.69, 9.17) is 9.84 Å². The van der Waals surface area contributed by atoms with Crippen molar-refractivity contribution in [3.05, 3.63) is 0 Å². The minimum absolute atomic E-state index is 0.143. The van der Waals surface area contributed by atoms with Crippen LogP contribution in [-0.4, -0.2) is 23.4 Å². The second-order valence-electron chi connectivity index (χ2n) is 2.67. The topological polar surface area (TPSA) is 32.8 Å². The van der Waals surface area contributed by atoms with E-state index in [2.05, 4.69) is 6.92 Å².